The standard InChI is InChI=1S/C14H22FNO/c1-10-5-6-11(9-12(10)15)13(16)7-8-14(2,3)17-4/h5-6,9,13H,7-8,16H2,1-4H3. The molecule has 0 heterocycles. The molecular weight excluding hydrogens is 217 g/mol. The van der Waals surface area contributed by atoms with Gasteiger partial charge in [0, 0.05) is 13.2 Å². The third kappa shape index (κ3) is 4.10. The molecular formula is C14H22FNO. The van der Waals surface area contributed by atoms with E-state index in [1.54, 1.807) is 20.1 Å². The van der Waals surface area contributed by atoms with Crippen molar-refractivity contribution in [3.8, 4) is 0 Å². The third-order valence-electron chi connectivity index (χ3n) is 3.23. The lowest BCUT2D eigenvalue weighted by molar-refractivity contribution is 0.0125. The van der Waals surface area contributed by atoms with Gasteiger partial charge in [0.15, 0.2) is 0 Å². The molecule has 0 aromatic heterocycles. The van der Waals surface area contributed by atoms with Crippen molar-refractivity contribution in [1.82, 2.24) is 0 Å². The van der Waals surface area contributed by atoms with Crippen LogP contribution in [0.15, 0.2) is 18.2 Å². The molecule has 2 N–H and O–H groups in total. The number of nitrogens with two attached hydrogens (primary N) is 1. The predicted molar refractivity (Wildman–Crippen MR) is 68.4 cm³/mol. The summed E-state index contributed by atoms with van der Waals surface area (Å²) in [5.74, 6) is -0.191. The first-order valence-electron chi connectivity index (χ1n) is 5.92. The van der Waals surface area contributed by atoms with Gasteiger partial charge in [0.2, 0.25) is 0 Å². The van der Waals surface area contributed by atoms with Crippen molar-refractivity contribution in [2.24, 2.45) is 5.73 Å². The fraction of sp³-hybridized carbons (Fsp3) is 0.571. The van der Waals surface area contributed by atoms with Crippen LogP contribution in [0, 0.1) is 12.7 Å². The van der Waals surface area contributed by atoms with Gasteiger partial charge in [-0.2, -0.15) is 0 Å². The van der Waals surface area contributed by atoms with E-state index in [1.807, 2.05) is 19.9 Å². The average Bonchev–Trinajstić information content (AvgIpc) is 2.30. The maximum Gasteiger partial charge on any atom is 0.126 e. The highest BCUT2D eigenvalue weighted by Gasteiger charge is 2.18. The molecule has 0 aliphatic rings. The molecule has 0 amide bonds. The second-order valence-electron chi connectivity index (χ2n) is 5.12. The summed E-state index contributed by atoms with van der Waals surface area (Å²) in [6.07, 6.45) is 1.63. The van der Waals surface area contributed by atoms with Gasteiger partial charge in [-0.1, -0.05) is 12.1 Å². The van der Waals surface area contributed by atoms with Crippen LogP contribution in [0.25, 0.3) is 0 Å². The molecule has 0 aliphatic heterocycles. The summed E-state index contributed by atoms with van der Waals surface area (Å²) >= 11 is 0. The fourth-order valence-electron chi connectivity index (χ4n) is 1.61. The smallest absolute Gasteiger partial charge is 0.126 e. The van der Waals surface area contributed by atoms with E-state index in [9.17, 15) is 4.39 Å². The number of hydrogen-bond donors (Lipinski definition) is 1. The molecule has 1 unspecified atom stereocenters. The lowest BCUT2D eigenvalue weighted by atomic mass is 9.95. The number of benzene rings is 1. The Kier molecular flexibility index (Phi) is 4.66. The zero-order valence-electron chi connectivity index (χ0n) is 11.1. The zero-order chi connectivity index (χ0) is 13.1. The number of rotatable bonds is 5. The number of ether oxygens (including phenoxy) is 1. The number of aryl methyl sites for hydroxylation is 1. The molecule has 1 atom stereocenters. The lowest BCUT2D eigenvalue weighted by Crippen LogP contribution is -2.24. The summed E-state index contributed by atoms with van der Waals surface area (Å²) in [5.41, 5.74) is 7.37. The highest BCUT2D eigenvalue weighted by Crippen LogP contribution is 2.23. The van der Waals surface area contributed by atoms with Crippen LogP contribution >= 0.6 is 0 Å². The van der Waals surface area contributed by atoms with E-state index in [0.29, 0.717) is 5.56 Å². The summed E-state index contributed by atoms with van der Waals surface area (Å²) in [6, 6.07) is 5.05. The van der Waals surface area contributed by atoms with E-state index in [4.69, 9.17) is 10.5 Å². The SMILES string of the molecule is COC(C)(C)CCC(N)c1ccc(C)c(F)c1. The largest absolute Gasteiger partial charge is 0.379 e. The minimum absolute atomic E-state index is 0.139. The predicted octanol–water partition coefficient (Wildman–Crippen LogP) is 3.34. The highest BCUT2D eigenvalue weighted by atomic mass is 19.1. The van der Waals surface area contributed by atoms with Gasteiger partial charge in [0.05, 0.1) is 5.60 Å². The van der Waals surface area contributed by atoms with Crippen molar-refractivity contribution in [2.45, 2.75) is 45.3 Å². The molecule has 1 rings (SSSR count). The summed E-state index contributed by atoms with van der Waals surface area (Å²) in [4.78, 5) is 0. The highest BCUT2D eigenvalue weighted by molar-refractivity contribution is 5.25. The topological polar surface area (TPSA) is 35.2 Å². The van der Waals surface area contributed by atoms with Crippen LogP contribution in [0.2, 0.25) is 0 Å². The first-order chi connectivity index (χ1) is 7.85. The van der Waals surface area contributed by atoms with Gasteiger partial charge < -0.3 is 10.5 Å². The summed E-state index contributed by atoms with van der Waals surface area (Å²) < 4.78 is 18.7. The molecule has 3 heteroatoms. The van der Waals surface area contributed by atoms with Crippen molar-refractivity contribution in [3.05, 3.63) is 35.1 Å². The summed E-state index contributed by atoms with van der Waals surface area (Å²) in [7, 11) is 1.69. The van der Waals surface area contributed by atoms with E-state index >= 15 is 0 Å². The molecule has 0 bridgehead atoms. The fourth-order valence-corrected chi connectivity index (χ4v) is 1.61. The third-order valence-corrected chi connectivity index (χ3v) is 3.23. The first-order valence-corrected chi connectivity index (χ1v) is 5.92. The van der Waals surface area contributed by atoms with Crippen LogP contribution in [-0.4, -0.2) is 12.7 Å². The van der Waals surface area contributed by atoms with E-state index in [2.05, 4.69) is 0 Å². The van der Waals surface area contributed by atoms with E-state index in [1.165, 1.54) is 6.07 Å². The Morgan fingerprint density at radius 3 is 2.59 bits per heavy atom. The second kappa shape index (κ2) is 5.61. The number of methoxy groups -OCH3 is 1. The molecule has 96 valence electrons. The number of halogens is 1. The molecule has 1 aromatic carbocycles. The van der Waals surface area contributed by atoms with E-state index in [-0.39, 0.29) is 17.5 Å². The van der Waals surface area contributed by atoms with Crippen molar-refractivity contribution in [2.75, 3.05) is 7.11 Å². The second-order valence-corrected chi connectivity index (χ2v) is 5.12. The average molecular weight is 239 g/mol. The lowest BCUT2D eigenvalue weighted by Gasteiger charge is -2.24. The maximum absolute atomic E-state index is 13.4. The molecule has 0 radical (unpaired) electrons. The minimum Gasteiger partial charge on any atom is -0.379 e. The van der Waals surface area contributed by atoms with Gasteiger partial charge in [-0.15, -0.1) is 0 Å². The van der Waals surface area contributed by atoms with Crippen molar-refractivity contribution in [3.63, 3.8) is 0 Å². The van der Waals surface area contributed by atoms with Gasteiger partial charge in [0.25, 0.3) is 0 Å². The Morgan fingerprint density at radius 1 is 1.41 bits per heavy atom. The van der Waals surface area contributed by atoms with Gasteiger partial charge >= 0.3 is 0 Å². The molecule has 0 saturated carbocycles. The van der Waals surface area contributed by atoms with Crippen LogP contribution in [0.4, 0.5) is 4.39 Å². The molecule has 0 spiro atoms. The van der Waals surface area contributed by atoms with Crippen molar-refractivity contribution < 1.29 is 9.13 Å². The normalized spacial score (nSPS) is 13.8. The van der Waals surface area contributed by atoms with Crippen molar-refractivity contribution in [1.29, 1.82) is 0 Å². The quantitative estimate of drug-likeness (QED) is 0.855. The van der Waals surface area contributed by atoms with Crippen LogP contribution in [0.5, 0.6) is 0 Å². The molecule has 0 fully saturated rings. The van der Waals surface area contributed by atoms with E-state index < -0.39 is 0 Å². The molecule has 17 heavy (non-hydrogen) atoms. The number of hydrogen-bond acceptors (Lipinski definition) is 2. The van der Waals surface area contributed by atoms with Crippen LogP contribution < -0.4 is 5.73 Å². The van der Waals surface area contributed by atoms with Crippen LogP contribution in [0.1, 0.15) is 43.9 Å². The summed E-state index contributed by atoms with van der Waals surface area (Å²) in [5, 5.41) is 0. The zero-order valence-corrected chi connectivity index (χ0v) is 11.1. The Morgan fingerprint density at radius 2 is 2.06 bits per heavy atom. The van der Waals surface area contributed by atoms with Crippen molar-refractivity contribution >= 4 is 0 Å². The van der Waals surface area contributed by atoms with Crippen LogP contribution in [-0.2, 0) is 4.74 Å². The van der Waals surface area contributed by atoms with Crippen LogP contribution in [0.3, 0.4) is 0 Å². The Bertz CT molecular complexity index is 376. The Hall–Kier alpha value is -0.930. The van der Waals surface area contributed by atoms with E-state index in [0.717, 1.165) is 18.4 Å². The molecule has 1 aromatic rings. The monoisotopic (exact) mass is 239 g/mol. The Labute approximate surface area is 103 Å². The first kappa shape index (κ1) is 14.1. The molecule has 2 nitrogen and oxygen atoms in total. The van der Waals surface area contributed by atoms with Gasteiger partial charge in [-0.25, -0.2) is 4.39 Å². The van der Waals surface area contributed by atoms with Gasteiger partial charge in [-0.3, -0.25) is 0 Å². The van der Waals surface area contributed by atoms with Gasteiger partial charge in [-0.05, 0) is 50.8 Å². The maximum atomic E-state index is 13.4. The van der Waals surface area contributed by atoms with Gasteiger partial charge in [0.1, 0.15) is 5.82 Å². The Balaban J connectivity index is 2.64. The minimum atomic E-state index is -0.191. The molecule has 0 saturated heterocycles. The molecule has 0 aliphatic carbocycles. The summed E-state index contributed by atoms with van der Waals surface area (Å²) in [6.45, 7) is 5.80.